The van der Waals surface area contributed by atoms with Crippen molar-refractivity contribution in [3.05, 3.63) is 71.8 Å². The van der Waals surface area contributed by atoms with Crippen molar-refractivity contribution in [2.24, 2.45) is 11.5 Å². The van der Waals surface area contributed by atoms with Crippen LogP contribution in [0.1, 0.15) is 42.7 Å². The van der Waals surface area contributed by atoms with Gasteiger partial charge in [0.25, 0.3) is 0 Å². The summed E-state index contributed by atoms with van der Waals surface area (Å²) in [6.07, 6.45) is -3.58. The summed E-state index contributed by atoms with van der Waals surface area (Å²) < 4.78 is 52.1. The zero-order chi connectivity index (χ0) is 26.0. The second kappa shape index (κ2) is 27.0. The summed E-state index contributed by atoms with van der Waals surface area (Å²) in [5.41, 5.74) is 11.4. The smallest absolute Gasteiger partial charge is 0.400 e. The standard InChI is InChI=1S/C18H21F.CF4.2CH5N.2CH4O/c1-2-15(16-9-5-3-6-10-16)13-18(14-19)17-11-7-4-8-12-17;2-1(3,4)5;4*1-2/h3-12,15,18H,2,13-14H2,1H3;;2*2H2,1H3;2*2H,1H3. The Bertz CT molecular complexity index is 522. The van der Waals surface area contributed by atoms with Gasteiger partial charge in [-0.05, 0) is 44.0 Å². The van der Waals surface area contributed by atoms with Gasteiger partial charge in [0.2, 0.25) is 0 Å². The Balaban J connectivity index is -0.000000255. The topological polar surface area (TPSA) is 92.5 Å². The van der Waals surface area contributed by atoms with E-state index >= 15 is 0 Å². The molecule has 2 rings (SSSR count). The molecule has 0 amide bonds. The first-order valence-electron chi connectivity index (χ1n) is 9.81. The minimum Gasteiger partial charge on any atom is -0.400 e. The van der Waals surface area contributed by atoms with Gasteiger partial charge in [0.1, 0.15) is 0 Å². The maximum atomic E-state index is 13.4. The third kappa shape index (κ3) is 22.6. The highest BCUT2D eigenvalue weighted by molar-refractivity contribution is 5.23. The fourth-order valence-electron chi connectivity index (χ4n) is 2.62. The molecule has 9 heteroatoms. The molecule has 0 aliphatic rings. The number of halogens is 5. The molecule has 0 radical (unpaired) electrons. The lowest BCUT2D eigenvalue weighted by molar-refractivity contribution is -0.237. The molecule has 6 N–H and O–H groups in total. The molecule has 0 fully saturated rings. The van der Waals surface area contributed by atoms with E-state index in [4.69, 9.17) is 10.2 Å². The molecule has 2 aromatic carbocycles. The van der Waals surface area contributed by atoms with E-state index in [0.29, 0.717) is 5.92 Å². The minimum atomic E-state index is -5.50. The van der Waals surface area contributed by atoms with Crippen LogP contribution in [0.2, 0.25) is 0 Å². The number of hydrogen-bond donors (Lipinski definition) is 4. The molecular formula is C23H39F5N2O2. The van der Waals surface area contributed by atoms with Gasteiger partial charge in [-0.15, -0.1) is 17.6 Å². The SMILES string of the molecule is CCC(CC(CF)c1ccccc1)c1ccccc1.CN.CN.CO.CO.FC(F)(F)F. The predicted molar refractivity (Wildman–Crippen MR) is 123 cm³/mol. The molecule has 0 heterocycles. The molecule has 0 aromatic heterocycles. The van der Waals surface area contributed by atoms with E-state index in [0.717, 1.165) is 32.6 Å². The summed E-state index contributed by atoms with van der Waals surface area (Å²) in [7, 11) is 5.00. The van der Waals surface area contributed by atoms with Gasteiger partial charge in [-0.2, -0.15) is 0 Å². The Morgan fingerprint density at radius 2 is 0.969 bits per heavy atom. The first-order valence-corrected chi connectivity index (χ1v) is 9.81. The molecular weight excluding hydrogens is 431 g/mol. The highest BCUT2D eigenvalue weighted by atomic mass is 19.5. The molecule has 0 saturated heterocycles. The highest BCUT2D eigenvalue weighted by Crippen LogP contribution is 2.32. The zero-order valence-electron chi connectivity index (χ0n) is 19.5. The molecule has 4 nitrogen and oxygen atoms in total. The van der Waals surface area contributed by atoms with Crippen LogP contribution in [0.15, 0.2) is 60.7 Å². The van der Waals surface area contributed by atoms with Crippen LogP contribution in [0.5, 0.6) is 0 Å². The first-order chi connectivity index (χ1) is 15.3. The van der Waals surface area contributed by atoms with Crippen molar-refractivity contribution >= 4 is 0 Å². The number of hydrogen-bond acceptors (Lipinski definition) is 4. The maximum absolute atomic E-state index is 13.4. The number of benzene rings is 2. The van der Waals surface area contributed by atoms with Gasteiger partial charge in [-0.1, -0.05) is 67.6 Å². The van der Waals surface area contributed by atoms with Crippen molar-refractivity contribution < 1.29 is 32.2 Å². The zero-order valence-corrected chi connectivity index (χ0v) is 19.5. The van der Waals surface area contributed by atoms with E-state index in [-0.39, 0.29) is 12.6 Å². The lowest BCUT2D eigenvalue weighted by Gasteiger charge is -2.21. The molecule has 2 unspecified atom stereocenters. The van der Waals surface area contributed by atoms with Gasteiger partial charge in [0.15, 0.2) is 0 Å². The van der Waals surface area contributed by atoms with Gasteiger partial charge in [-0.3, -0.25) is 4.39 Å². The summed E-state index contributed by atoms with van der Waals surface area (Å²) in [4.78, 5) is 0. The molecule has 2 atom stereocenters. The fraction of sp³-hybridized carbons (Fsp3) is 0.478. The summed E-state index contributed by atoms with van der Waals surface area (Å²) in [6.45, 7) is 1.89. The van der Waals surface area contributed by atoms with E-state index in [1.807, 2.05) is 36.4 Å². The van der Waals surface area contributed by atoms with E-state index in [9.17, 15) is 22.0 Å². The van der Waals surface area contributed by atoms with Crippen LogP contribution >= 0.6 is 0 Å². The maximum Gasteiger partial charge on any atom is 0.559 e. The average Bonchev–Trinajstić information content (AvgIpc) is 2.85. The van der Waals surface area contributed by atoms with Gasteiger partial charge >= 0.3 is 6.43 Å². The summed E-state index contributed by atoms with van der Waals surface area (Å²) in [6, 6.07) is 20.5. The van der Waals surface area contributed by atoms with Crippen LogP contribution in [0.25, 0.3) is 0 Å². The monoisotopic (exact) mass is 470 g/mol. The third-order valence-corrected chi connectivity index (χ3v) is 3.79. The summed E-state index contributed by atoms with van der Waals surface area (Å²) in [5.74, 6) is 0.438. The lowest BCUT2D eigenvalue weighted by Crippen LogP contribution is -2.08. The molecule has 0 aliphatic carbocycles. The van der Waals surface area contributed by atoms with Crippen LogP contribution in [0.4, 0.5) is 22.0 Å². The number of rotatable bonds is 6. The van der Waals surface area contributed by atoms with Crippen molar-refractivity contribution in [2.45, 2.75) is 38.0 Å². The van der Waals surface area contributed by atoms with E-state index in [2.05, 4.69) is 42.7 Å². The summed E-state index contributed by atoms with van der Waals surface area (Å²) in [5, 5.41) is 14.0. The Morgan fingerprint density at radius 3 is 1.22 bits per heavy atom. The predicted octanol–water partition coefficient (Wildman–Crippen LogP) is 5.17. The second-order valence-corrected chi connectivity index (χ2v) is 5.44. The normalized spacial score (nSPS) is 10.9. The largest absolute Gasteiger partial charge is 0.559 e. The van der Waals surface area contributed by atoms with Gasteiger partial charge < -0.3 is 21.7 Å². The molecule has 2 aromatic rings. The number of nitrogens with two attached hydrogens (primary N) is 2. The van der Waals surface area contributed by atoms with E-state index < -0.39 is 6.43 Å². The van der Waals surface area contributed by atoms with Crippen LogP contribution in [0, 0.1) is 0 Å². The molecule has 0 spiro atoms. The Hall–Kier alpha value is -2.07. The molecule has 32 heavy (non-hydrogen) atoms. The number of aliphatic hydroxyl groups is 2. The van der Waals surface area contributed by atoms with Crippen LogP contribution in [-0.4, -0.2) is 51.6 Å². The third-order valence-electron chi connectivity index (χ3n) is 3.79. The quantitative estimate of drug-likeness (QED) is 0.439. The van der Waals surface area contributed by atoms with Crippen molar-refractivity contribution in [1.82, 2.24) is 0 Å². The Kier molecular flexibility index (Phi) is 31.4. The van der Waals surface area contributed by atoms with Crippen molar-refractivity contribution in [3.63, 3.8) is 0 Å². The van der Waals surface area contributed by atoms with Crippen LogP contribution in [-0.2, 0) is 0 Å². The van der Waals surface area contributed by atoms with Gasteiger partial charge in [0, 0.05) is 20.1 Å². The Labute approximate surface area is 189 Å². The van der Waals surface area contributed by atoms with Crippen molar-refractivity contribution in [1.29, 1.82) is 0 Å². The van der Waals surface area contributed by atoms with Crippen LogP contribution < -0.4 is 11.5 Å². The van der Waals surface area contributed by atoms with E-state index in [1.165, 1.54) is 19.7 Å². The summed E-state index contributed by atoms with van der Waals surface area (Å²) >= 11 is 0. The molecule has 0 saturated carbocycles. The Morgan fingerprint density at radius 1 is 0.688 bits per heavy atom. The first kappa shape index (κ1) is 37.3. The fourth-order valence-corrected chi connectivity index (χ4v) is 2.62. The lowest BCUT2D eigenvalue weighted by atomic mass is 9.84. The molecule has 0 aliphatic heterocycles. The second-order valence-electron chi connectivity index (χ2n) is 5.44. The number of alkyl halides is 5. The van der Waals surface area contributed by atoms with Crippen molar-refractivity contribution in [3.8, 4) is 0 Å². The average molecular weight is 471 g/mol. The van der Waals surface area contributed by atoms with E-state index in [1.54, 1.807) is 0 Å². The van der Waals surface area contributed by atoms with Gasteiger partial charge in [-0.25, -0.2) is 0 Å². The minimum absolute atomic E-state index is 0.00589. The van der Waals surface area contributed by atoms with Crippen LogP contribution in [0.3, 0.4) is 0 Å². The number of aliphatic hydroxyl groups excluding tert-OH is 2. The van der Waals surface area contributed by atoms with Crippen molar-refractivity contribution in [2.75, 3.05) is 35.0 Å². The molecule has 188 valence electrons. The van der Waals surface area contributed by atoms with Gasteiger partial charge in [0.05, 0.1) is 6.67 Å². The molecule has 0 bridgehead atoms. The highest BCUT2D eigenvalue weighted by Gasteiger charge is 2.24.